The van der Waals surface area contributed by atoms with E-state index in [9.17, 15) is 20.0 Å². The lowest BCUT2D eigenvalue weighted by Crippen LogP contribution is -2.17. The number of aliphatic carboxylic acids is 1. The van der Waals surface area contributed by atoms with Gasteiger partial charge in [-0.15, -0.1) is 5.10 Å². The van der Waals surface area contributed by atoms with Crippen LogP contribution in [0.2, 0.25) is 0 Å². The van der Waals surface area contributed by atoms with E-state index in [1.165, 1.54) is 16.8 Å². The minimum absolute atomic E-state index is 0.102. The first-order chi connectivity index (χ1) is 13.0. The minimum Gasteiger partial charge on any atom is -0.481 e. The van der Waals surface area contributed by atoms with Crippen LogP contribution in [0.3, 0.4) is 0 Å². The Hall–Kier alpha value is -3.49. The number of hydrogen-bond donors (Lipinski definition) is 1. The third-order valence-electron chi connectivity index (χ3n) is 4.08. The third-order valence-corrected chi connectivity index (χ3v) is 4.08. The van der Waals surface area contributed by atoms with E-state index < -0.39 is 22.7 Å². The van der Waals surface area contributed by atoms with E-state index in [2.05, 4.69) is 10.1 Å². The van der Waals surface area contributed by atoms with Gasteiger partial charge >= 0.3 is 11.9 Å². The number of para-hydroxylation sites is 1. The molecule has 1 unspecified atom stereocenters. The normalized spacial score (nSPS) is 12.0. The first-order valence-electron chi connectivity index (χ1n) is 8.51. The van der Waals surface area contributed by atoms with Crippen LogP contribution in [0.5, 0.6) is 0 Å². The molecule has 2 heterocycles. The van der Waals surface area contributed by atoms with Crippen LogP contribution in [0, 0.1) is 10.1 Å². The van der Waals surface area contributed by atoms with Crippen molar-refractivity contribution in [3.05, 3.63) is 58.4 Å². The molecule has 0 bridgehead atoms. The number of rotatable bonds is 8. The van der Waals surface area contributed by atoms with Crippen molar-refractivity contribution in [2.75, 3.05) is 0 Å². The summed E-state index contributed by atoms with van der Waals surface area (Å²) in [4.78, 5) is 26.4. The maximum Gasteiger partial charge on any atom is 0.433 e. The Morgan fingerprint density at radius 1 is 1.30 bits per heavy atom. The van der Waals surface area contributed by atoms with E-state index in [0.717, 1.165) is 12.8 Å². The van der Waals surface area contributed by atoms with E-state index in [4.69, 9.17) is 4.42 Å². The van der Waals surface area contributed by atoms with Crippen LogP contribution in [0.15, 0.2) is 46.9 Å². The second-order valence-electron chi connectivity index (χ2n) is 5.97. The zero-order chi connectivity index (χ0) is 19.4. The Morgan fingerprint density at radius 2 is 2.04 bits per heavy atom. The summed E-state index contributed by atoms with van der Waals surface area (Å²) in [6.07, 6.45) is 1.98. The summed E-state index contributed by atoms with van der Waals surface area (Å²) in [7, 11) is 0. The molecule has 0 aliphatic heterocycles. The van der Waals surface area contributed by atoms with Crippen molar-refractivity contribution in [2.24, 2.45) is 0 Å². The molecular formula is C18H18N4O5. The third kappa shape index (κ3) is 3.86. The maximum absolute atomic E-state index is 11.8. The van der Waals surface area contributed by atoms with Crippen molar-refractivity contribution < 1.29 is 19.2 Å². The van der Waals surface area contributed by atoms with Gasteiger partial charge in [-0.2, -0.15) is 0 Å². The Morgan fingerprint density at radius 3 is 2.63 bits per heavy atom. The molecule has 9 nitrogen and oxygen atoms in total. The van der Waals surface area contributed by atoms with Crippen LogP contribution >= 0.6 is 0 Å². The number of carbonyl (C=O) groups is 1. The van der Waals surface area contributed by atoms with Gasteiger partial charge in [0, 0.05) is 0 Å². The smallest absolute Gasteiger partial charge is 0.433 e. The van der Waals surface area contributed by atoms with Gasteiger partial charge in [0.05, 0.1) is 11.8 Å². The van der Waals surface area contributed by atoms with Crippen LogP contribution in [0.25, 0.3) is 17.3 Å². The Balaban J connectivity index is 2.10. The summed E-state index contributed by atoms with van der Waals surface area (Å²) in [6, 6.07) is 11.6. The predicted octanol–water partition coefficient (Wildman–Crippen LogP) is 3.79. The van der Waals surface area contributed by atoms with E-state index in [1.54, 1.807) is 24.3 Å². The summed E-state index contributed by atoms with van der Waals surface area (Å²) in [6.45, 7) is 1.98. The first-order valence-corrected chi connectivity index (χ1v) is 8.51. The summed E-state index contributed by atoms with van der Waals surface area (Å²) in [5, 5.41) is 24.9. The molecular weight excluding hydrogens is 352 g/mol. The summed E-state index contributed by atoms with van der Waals surface area (Å²) in [5.41, 5.74) is 0.648. The van der Waals surface area contributed by atoms with Crippen molar-refractivity contribution in [1.29, 1.82) is 0 Å². The molecule has 0 aliphatic rings. The lowest BCUT2D eigenvalue weighted by Gasteiger charge is -2.12. The van der Waals surface area contributed by atoms with E-state index >= 15 is 0 Å². The zero-order valence-corrected chi connectivity index (χ0v) is 14.6. The molecule has 0 amide bonds. The molecule has 2 aromatic heterocycles. The van der Waals surface area contributed by atoms with Gasteiger partial charge < -0.3 is 9.52 Å². The number of benzene rings is 1. The molecule has 3 aromatic rings. The van der Waals surface area contributed by atoms with Crippen molar-refractivity contribution in [2.45, 2.75) is 32.1 Å². The highest BCUT2D eigenvalue weighted by atomic mass is 16.6. The molecule has 0 spiro atoms. The molecule has 0 fully saturated rings. The second-order valence-corrected chi connectivity index (χ2v) is 5.97. The van der Waals surface area contributed by atoms with Crippen molar-refractivity contribution in [3.8, 4) is 17.3 Å². The number of hydrogen-bond acceptors (Lipinski definition) is 6. The lowest BCUT2D eigenvalue weighted by atomic mass is 10.0. The first kappa shape index (κ1) is 18.3. The van der Waals surface area contributed by atoms with Gasteiger partial charge in [0.1, 0.15) is 16.7 Å². The lowest BCUT2D eigenvalue weighted by molar-refractivity contribution is -0.401. The average molecular weight is 370 g/mol. The second kappa shape index (κ2) is 7.81. The fraction of sp³-hybridized carbons (Fsp3) is 0.278. The Kier molecular flexibility index (Phi) is 5.30. The quantitative estimate of drug-likeness (QED) is 0.472. The molecule has 27 heavy (non-hydrogen) atoms. The highest BCUT2D eigenvalue weighted by Gasteiger charge is 2.28. The largest absolute Gasteiger partial charge is 0.481 e. The van der Waals surface area contributed by atoms with Crippen LogP contribution < -0.4 is 0 Å². The van der Waals surface area contributed by atoms with Crippen LogP contribution in [-0.2, 0) is 4.79 Å². The molecule has 0 saturated carbocycles. The SMILES string of the molecule is CCCCC(C(=O)O)c1nc(-c2ccc([N+](=O)[O-])o2)nn1-c1ccccc1. The highest BCUT2D eigenvalue weighted by Crippen LogP contribution is 2.29. The number of aromatic nitrogens is 3. The molecule has 0 aliphatic carbocycles. The summed E-state index contributed by atoms with van der Waals surface area (Å²) in [5.74, 6) is -1.80. The Labute approximate surface area is 154 Å². The molecule has 0 radical (unpaired) electrons. The van der Waals surface area contributed by atoms with Crippen LogP contribution in [-0.4, -0.2) is 30.8 Å². The summed E-state index contributed by atoms with van der Waals surface area (Å²) >= 11 is 0. The highest BCUT2D eigenvalue weighted by molar-refractivity contribution is 5.75. The molecule has 1 aromatic carbocycles. The fourth-order valence-corrected chi connectivity index (χ4v) is 2.73. The number of nitro groups is 1. The molecule has 0 saturated heterocycles. The van der Waals surface area contributed by atoms with Crippen molar-refractivity contribution >= 4 is 11.9 Å². The van der Waals surface area contributed by atoms with Gasteiger partial charge in [0.25, 0.3) is 0 Å². The van der Waals surface area contributed by atoms with E-state index in [0.29, 0.717) is 12.1 Å². The number of nitrogens with zero attached hydrogens (tertiary/aromatic N) is 4. The molecule has 1 N–H and O–H groups in total. The summed E-state index contributed by atoms with van der Waals surface area (Å²) < 4.78 is 6.63. The Bertz CT molecular complexity index is 948. The number of carboxylic acids is 1. The number of unbranched alkanes of at least 4 members (excludes halogenated alkanes) is 1. The molecule has 140 valence electrons. The fourth-order valence-electron chi connectivity index (χ4n) is 2.73. The van der Waals surface area contributed by atoms with Gasteiger partial charge in [-0.25, -0.2) is 9.67 Å². The minimum atomic E-state index is -0.995. The zero-order valence-electron chi connectivity index (χ0n) is 14.6. The average Bonchev–Trinajstić information content (AvgIpc) is 3.30. The van der Waals surface area contributed by atoms with Crippen LogP contribution in [0.4, 0.5) is 5.88 Å². The van der Waals surface area contributed by atoms with Crippen molar-refractivity contribution in [1.82, 2.24) is 14.8 Å². The molecule has 1 atom stereocenters. The van der Waals surface area contributed by atoms with Gasteiger partial charge in [0.15, 0.2) is 5.76 Å². The predicted molar refractivity (Wildman–Crippen MR) is 95.6 cm³/mol. The van der Waals surface area contributed by atoms with Gasteiger partial charge in [-0.3, -0.25) is 14.9 Å². The van der Waals surface area contributed by atoms with E-state index in [-0.39, 0.29) is 17.4 Å². The standard InChI is InChI=1S/C18H18N4O5/c1-2-3-9-13(18(23)24)17-19-16(14-10-11-15(27-14)22(25)26)20-21(17)12-7-5-4-6-8-12/h4-8,10-11,13H,2-3,9H2,1H3,(H,23,24). The van der Waals surface area contributed by atoms with Crippen molar-refractivity contribution in [3.63, 3.8) is 0 Å². The van der Waals surface area contributed by atoms with Crippen LogP contribution in [0.1, 0.15) is 37.9 Å². The number of carboxylic acid groups (broad SMARTS) is 1. The monoisotopic (exact) mass is 370 g/mol. The maximum atomic E-state index is 11.8. The molecule has 3 rings (SSSR count). The van der Waals surface area contributed by atoms with Gasteiger partial charge in [0.2, 0.25) is 5.82 Å². The molecule has 9 heteroatoms. The number of furan rings is 1. The van der Waals surface area contributed by atoms with Gasteiger partial charge in [-0.1, -0.05) is 38.0 Å². The van der Waals surface area contributed by atoms with E-state index in [1.807, 2.05) is 13.0 Å². The topological polar surface area (TPSA) is 124 Å². The van der Waals surface area contributed by atoms with Gasteiger partial charge in [-0.05, 0) is 24.6 Å².